The lowest BCUT2D eigenvalue weighted by Crippen LogP contribution is -2.42. The number of nitrogens with one attached hydrogen (secondary N) is 1. The lowest BCUT2D eigenvalue weighted by atomic mass is 10.2. The van der Waals surface area contributed by atoms with Crippen molar-refractivity contribution in [1.82, 2.24) is 5.32 Å². The van der Waals surface area contributed by atoms with Gasteiger partial charge in [-0.05, 0) is 40.8 Å². The monoisotopic (exact) mass is 287 g/mol. The molecule has 0 spiro atoms. The zero-order chi connectivity index (χ0) is 11.7. The molecule has 2 N–H and O–H groups in total. The third-order valence-electron chi connectivity index (χ3n) is 2.51. The predicted molar refractivity (Wildman–Crippen MR) is 58.0 cm³/mol. The van der Waals surface area contributed by atoms with Crippen molar-refractivity contribution < 1.29 is 19.1 Å². The van der Waals surface area contributed by atoms with Gasteiger partial charge >= 0.3 is 5.97 Å². The zero-order valence-corrected chi connectivity index (χ0v) is 9.86. The average molecular weight is 288 g/mol. The van der Waals surface area contributed by atoms with Crippen LogP contribution < -0.4 is 5.32 Å². The number of carboxylic acids is 1. The second kappa shape index (κ2) is 4.29. The molecule has 1 aromatic rings. The Morgan fingerprint density at radius 2 is 2.25 bits per heavy atom. The van der Waals surface area contributed by atoms with E-state index in [1.807, 2.05) is 0 Å². The quantitative estimate of drug-likeness (QED) is 0.882. The number of furan rings is 1. The highest BCUT2D eigenvalue weighted by Gasteiger charge is 2.37. The highest BCUT2D eigenvalue weighted by Crippen LogP contribution is 2.33. The minimum atomic E-state index is -0.990. The highest BCUT2D eigenvalue weighted by molar-refractivity contribution is 9.10. The molecule has 0 radical (unpaired) electrons. The number of carbonyl (C=O) groups excluding carboxylic acids is 1. The molecule has 0 bridgehead atoms. The smallest absolute Gasteiger partial charge is 0.326 e. The van der Waals surface area contributed by atoms with Crippen LogP contribution in [-0.2, 0) is 4.79 Å². The fourth-order valence-corrected chi connectivity index (χ4v) is 1.91. The Bertz CT molecular complexity index is 424. The molecule has 16 heavy (non-hydrogen) atoms. The van der Waals surface area contributed by atoms with Gasteiger partial charge in [-0.3, -0.25) is 4.79 Å². The van der Waals surface area contributed by atoms with Crippen LogP contribution in [-0.4, -0.2) is 23.0 Å². The van der Waals surface area contributed by atoms with Crippen molar-refractivity contribution in [3.8, 4) is 0 Å². The van der Waals surface area contributed by atoms with Gasteiger partial charge in [0.1, 0.15) is 6.04 Å². The first kappa shape index (κ1) is 11.2. The van der Waals surface area contributed by atoms with E-state index in [1.165, 1.54) is 12.3 Å². The Balaban J connectivity index is 2.06. The van der Waals surface area contributed by atoms with Crippen molar-refractivity contribution in [2.24, 2.45) is 5.92 Å². The fraction of sp³-hybridized carbons (Fsp3) is 0.400. The largest absolute Gasteiger partial charge is 0.480 e. The van der Waals surface area contributed by atoms with Crippen LogP contribution >= 0.6 is 15.9 Å². The van der Waals surface area contributed by atoms with E-state index in [9.17, 15) is 9.59 Å². The van der Waals surface area contributed by atoms with Gasteiger partial charge in [0.2, 0.25) is 0 Å². The zero-order valence-electron chi connectivity index (χ0n) is 8.27. The van der Waals surface area contributed by atoms with Crippen molar-refractivity contribution >= 4 is 27.8 Å². The lowest BCUT2D eigenvalue weighted by Gasteiger charge is -2.12. The maximum absolute atomic E-state index is 11.7. The summed E-state index contributed by atoms with van der Waals surface area (Å²) in [5.41, 5.74) is 0.312. The first-order valence-electron chi connectivity index (χ1n) is 4.86. The fourth-order valence-electron chi connectivity index (χ4n) is 1.49. The molecule has 0 aromatic carbocycles. The summed E-state index contributed by atoms with van der Waals surface area (Å²) in [4.78, 5) is 22.6. The number of hydrogen-bond acceptors (Lipinski definition) is 3. The highest BCUT2D eigenvalue weighted by atomic mass is 79.9. The van der Waals surface area contributed by atoms with E-state index in [-0.39, 0.29) is 5.92 Å². The van der Waals surface area contributed by atoms with Crippen LogP contribution in [0.15, 0.2) is 21.4 Å². The average Bonchev–Trinajstić information content (AvgIpc) is 2.96. The first-order chi connectivity index (χ1) is 7.59. The normalized spacial score (nSPS) is 16.8. The van der Waals surface area contributed by atoms with Crippen LogP contribution in [0.5, 0.6) is 0 Å². The summed E-state index contributed by atoms with van der Waals surface area (Å²) in [5, 5.41) is 11.4. The number of carbonyl (C=O) groups is 2. The molecule has 1 atom stereocenters. The minimum absolute atomic E-state index is 0.0622. The SMILES string of the molecule is O=C(NC(C(=O)O)C1CC1)c1ccoc1Br. The van der Waals surface area contributed by atoms with E-state index in [1.54, 1.807) is 0 Å². The molecular formula is C10H10BrNO4. The molecule has 0 aliphatic heterocycles. The third kappa shape index (κ3) is 2.27. The van der Waals surface area contributed by atoms with Crippen molar-refractivity contribution in [3.05, 3.63) is 22.6 Å². The second-order valence-electron chi connectivity index (χ2n) is 3.73. The van der Waals surface area contributed by atoms with Gasteiger partial charge in [0.05, 0.1) is 11.8 Å². The molecule has 1 unspecified atom stereocenters. The molecule has 1 aliphatic carbocycles. The molecule has 1 aliphatic rings. The number of amides is 1. The van der Waals surface area contributed by atoms with Crippen LogP contribution in [0.25, 0.3) is 0 Å². The summed E-state index contributed by atoms with van der Waals surface area (Å²) in [7, 11) is 0. The van der Waals surface area contributed by atoms with Gasteiger partial charge < -0.3 is 14.8 Å². The summed E-state index contributed by atoms with van der Waals surface area (Å²) in [6, 6.07) is 0.694. The predicted octanol–water partition coefficient (Wildman–Crippen LogP) is 1.64. The van der Waals surface area contributed by atoms with Gasteiger partial charge in [0, 0.05) is 0 Å². The Hall–Kier alpha value is -1.30. The van der Waals surface area contributed by atoms with Crippen LogP contribution in [0.3, 0.4) is 0 Å². The number of halogens is 1. The maximum Gasteiger partial charge on any atom is 0.326 e. The van der Waals surface area contributed by atoms with Crippen molar-refractivity contribution in [2.75, 3.05) is 0 Å². The van der Waals surface area contributed by atoms with E-state index >= 15 is 0 Å². The van der Waals surface area contributed by atoms with Gasteiger partial charge in [-0.15, -0.1) is 0 Å². The Labute approximate surface area is 99.9 Å². The van der Waals surface area contributed by atoms with E-state index in [2.05, 4.69) is 21.2 Å². The van der Waals surface area contributed by atoms with Crippen molar-refractivity contribution in [3.63, 3.8) is 0 Å². The number of carboxylic acid groups (broad SMARTS) is 1. The molecule has 5 nitrogen and oxygen atoms in total. The van der Waals surface area contributed by atoms with Gasteiger partial charge in [-0.25, -0.2) is 4.79 Å². The Kier molecular flexibility index (Phi) is 3.00. The Morgan fingerprint density at radius 1 is 1.56 bits per heavy atom. The molecule has 1 saturated carbocycles. The van der Waals surface area contributed by atoms with Crippen LogP contribution in [0.4, 0.5) is 0 Å². The molecule has 1 aromatic heterocycles. The summed E-state index contributed by atoms with van der Waals surface area (Å²) < 4.78 is 5.22. The van der Waals surface area contributed by atoms with Crippen LogP contribution in [0.2, 0.25) is 0 Å². The van der Waals surface area contributed by atoms with E-state index in [0.717, 1.165) is 12.8 Å². The lowest BCUT2D eigenvalue weighted by molar-refractivity contribution is -0.139. The topological polar surface area (TPSA) is 79.5 Å². The second-order valence-corrected chi connectivity index (χ2v) is 4.46. The van der Waals surface area contributed by atoms with E-state index in [0.29, 0.717) is 10.2 Å². The van der Waals surface area contributed by atoms with Crippen LogP contribution in [0.1, 0.15) is 23.2 Å². The van der Waals surface area contributed by atoms with Gasteiger partial charge in [-0.2, -0.15) is 0 Å². The standard InChI is InChI=1S/C10H10BrNO4/c11-8-6(3-4-16-8)9(13)12-7(10(14)15)5-1-2-5/h3-5,7H,1-2H2,(H,12,13)(H,14,15). The molecule has 1 heterocycles. The molecule has 1 fully saturated rings. The van der Waals surface area contributed by atoms with Gasteiger partial charge in [0.15, 0.2) is 4.67 Å². The third-order valence-corrected chi connectivity index (χ3v) is 3.12. The van der Waals surface area contributed by atoms with E-state index < -0.39 is 17.9 Å². The first-order valence-corrected chi connectivity index (χ1v) is 5.65. The minimum Gasteiger partial charge on any atom is -0.480 e. The molecule has 0 saturated heterocycles. The van der Waals surface area contributed by atoms with Gasteiger partial charge in [-0.1, -0.05) is 0 Å². The maximum atomic E-state index is 11.7. The summed E-state index contributed by atoms with van der Waals surface area (Å²) in [5.74, 6) is -1.36. The summed E-state index contributed by atoms with van der Waals surface area (Å²) in [6.07, 6.45) is 3.07. The van der Waals surface area contributed by atoms with Crippen LogP contribution in [0, 0.1) is 5.92 Å². The Morgan fingerprint density at radius 3 is 2.69 bits per heavy atom. The van der Waals surface area contributed by atoms with Crippen molar-refractivity contribution in [2.45, 2.75) is 18.9 Å². The number of aliphatic carboxylic acids is 1. The number of rotatable bonds is 4. The molecule has 1 amide bonds. The van der Waals surface area contributed by atoms with Crippen molar-refractivity contribution in [1.29, 1.82) is 0 Å². The molecular weight excluding hydrogens is 278 g/mol. The summed E-state index contributed by atoms with van der Waals surface area (Å²) in [6.45, 7) is 0. The molecule has 6 heteroatoms. The molecule has 86 valence electrons. The van der Waals surface area contributed by atoms with E-state index in [4.69, 9.17) is 9.52 Å². The summed E-state index contributed by atoms with van der Waals surface area (Å²) >= 11 is 3.07. The molecule has 2 rings (SSSR count). The number of hydrogen-bond donors (Lipinski definition) is 2. The van der Waals surface area contributed by atoms with Gasteiger partial charge in [0.25, 0.3) is 5.91 Å².